The van der Waals surface area contributed by atoms with E-state index in [4.69, 9.17) is 9.84 Å². The van der Waals surface area contributed by atoms with Gasteiger partial charge in [-0.2, -0.15) is 0 Å². The van der Waals surface area contributed by atoms with Gasteiger partial charge in [0.25, 0.3) is 0 Å². The molecule has 1 aliphatic rings. The molecule has 0 spiro atoms. The Morgan fingerprint density at radius 1 is 1.07 bits per heavy atom. The van der Waals surface area contributed by atoms with Crippen molar-refractivity contribution in [2.45, 2.75) is 31.7 Å². The van der Waals surface area contributed by atoms with Crippen LogP contribution in [-0.2, 0) is 14.3 Å². The normalized spacial score (nSPS) is 14.2. The van der Waals surface area contributed by atoms with E-state index < -0.39 is 30.1 Å². The number of aliphatic carboxylic acids is 1. The molecule has 2 N–H and O–H groups in total. The molecular weight excluding hydrogens is 384 g/mol. The molecule has 30 heavy (non-hydrogen) atoms. The summed E-state index contributed by atoms with van der Waals surface area (Å²) in [5, 5.41) is 11.5. The fourth-order valence-corrected chi connectivity index (χ4v) is 3.85. The first-order chi connectivity index (χ1) is 14.3. The van der Waals surface area contributed by atoms with Crippen LogP contribution in [0.3, 0.4) is 0 Å². The van der Waals surface area contributed by atoms with E-state index in [1.165, 1.54) is 7.05 Å². The summed E-state index contributed by atoms with van der Waals surface area (Å²) in [5.41, 5.74) is 3.20. The Morgan fingerprint density at radius 2 is 1.60 bits per heavy atom. The van der Waals surface area contributed by atoms with Crippen molar-refractivity contribution in [2.75, 3.05) is 20.2 Å². The monoisotopic (exact) mass is 410 g/mol. The quantitative estimate of drug-likeness (QED) is 0.731. The second-order valence-electron chi connectivity index (χ2n) is 7.69. The van der Waals surface area contributed by atoms with Gasteiger partial charge in [0.15, 0.2) is 0 Å². The van der Waals surface area contributed by atoms with Crippen molar-refractivity contribution in [2.24, 2.45) is 0 Å². The number of ether oxygens (including phenoxy) is 1. The van der Waals surface area contributed by atoms with Crippen molar-refractivity contribution in [1.82, 2.24) is 10.2 Å². The fourth-order valence-electron chi connectivity index (χ4n) is 3.85. The Labute approximate surface area is 175 Å². The maximum atomic E-state index is 12.6. The van der Waals surface area contributed by atoms with Crippen LogP contribution in [0, 0.1) is 0 Å². The maximum Gasteiger partial charge on any atom is 0.408 e. The van der Waals surface area contributed by atoms with Gasteiger partial charge >= 0.3 is 12.1 Å². The van der Waals surface area contributed by atoms with Gasteiger partial charge in [0, 0.05) is 13.0 Å². The average Bonchev–Trinajstić information content (AvgIpc) is 3.05. The number of carboxylic acid groups (broad SMARTS) is 1. The van der Waals surface area contributed by atoms with Crippen LogP contribution in [0.4, 0.5) is 4.79 Å². The molecule has 0 saturated carbocycles. The highest BCUT2D eigenvalue weighted by Crippen LogP contribution is 2.44. The molecule has 158 valence electrons. The van der Waals surface area contributed by atoms with E-state index in [9.17, 15) is 14.4 Å². The van der Waals surface area contributed by atoms with E-state index in [2.05, 4.69) is 17.4 Å². The molecule has 7 heteroatoms. The number of hydrogen-bond donors (Lipinski definition) is 2. The predicted octanol–water partition coefficient (Wildman–Crippen LogP) is 3.24. The molecule has 2 aromatic carbocycles. The van der Waals surface area contributed by atoms with Gasteiger partial charge in [-0.05, 0) is 35.6 Å². The Hall–Kier alpha value is -3.35. The minimum absolute atomic E-state index is 0.0820. The topological polar surface area (TPSA) is 95.9 Å². The zero-order chi connectivity index (χ0) is 21.9. The highest BCUT2D eigenvalue weighted by atomic mass is 16.5. The van der Waals surface area contributed by atoms with Crippen LogP contribution in [0.2, 0.25) is 0 Å². The zero-order valence-electron chi connectivity index (χ0n) is 17.3. The summed E-state index contributed by atoms with van der Waals surface area (Å²) in [5.74, 6) is -1.69. The van der Waals surface area contributed by atoms with Crippen LogP contribution in [-0.4, -0.2) is 53.7 Å². The summed E-state index contributed by atoms with van der Waals surface area (Å²) in [7, 11) is 1.39. The van der Waals surface area contributed by atoms with Gasteiger partial charge in [-0.15, -0.1) is 0 Å². The predicted molar refractivity (Wildman–Crippen MR) is 112 cm³/mol. The van der Waals surface area contributed by atoms with E-state index in [-0.39, 0.29) is 12.5 Å². The number of likely N-dealkylation sites (N-methyl/N-ethyl adjacent to an activating group) is 1. The fraction of sp³-hybridized carbons (Fsp3) is 0.348. The highest BCUT2D eigenvalue weighted by Gasteiger charge is 2.37. The SMILES string of the molecule is CCC(C)(NC(=O)OCC1c2ccccc2-c2ccccc21)C(=O)N(C)CC(=O)O. The Morgan fingerprint density at radius 3 is 2.10 bits per heavy atom. The van der Waals surface area contributed by atoms with Crippen LogP contribution in [0.5, 0.6) is 0 Å². The second-order valence-corrected chi connectivity index (χ2v) is 7.69. The number of carbonyl (C=O) groups is 3. The molecule has 1 unspecified atom stereocenters. The smallest absolute Gasteiger partial charge is 0.408 e. The van der Waals surface area contributed by atoms with Gasteiger partial charge in [-0.25, -0.2) is 4.79 Å². The van der Waals surface area contributed by atoms with E-state index in [1.807, 2.05) is 36.4 Å². The molecule has 0 aromatic heterocycles. The Kier molecular flexibility index (Phi) is 6.10. The average molecular weight is 410 g/mol. The summed E-state index contributed by atoms with van der Waals surface area (Å²) in [6.07, 6.45) is -0.418. The molecule has 1 atom stereocenters. The van der Waals surface area contributed by atoms with Crippen molar-refractivity contribution in [3.63, 3.8) is 0 Å². The number of carbonyl (C=O) groups excluding carboxylic acids is 2. The molecule has 0 heterocycles. The zero-order valence-corrected chi connectivity index (χ0v) is 17.3. The van der Waals surface area contributed by atoms with Crippen molar-refractivity contribution in [3.8, 4) is 11.1 Å². The molecule has 0 saturated heterocycles. The Bertz CT molecular complexity index is 928. The minimum atomic E-state index is -1.26. The van der Waals surface area contributed by atoms with Crippen LogP contribution in [0.15, 0.2) is 48.5 Å². The van der Waals surface area contributed by atoms with E-state index >= 15 is 0 Å². The van der Waals surface area contributed by atoms with Gasteiger partial charge in [0.1, 0.15) is 18.7 Å². The third kappa shape index (κ3) is 4.15. The maximum absolute atomic E-state index is 12.6. The lowest BCUT2D eigenvalue weighted by molar-refractivity contribution is -0.146. The first-order valence-corrected chi connectivity index (χ1v) is 9.87. The first kappa shape index (κ1) is 21.4. The summed E-state index contributed by atoms with van der Waals surface area (Å²) in [4.78, 5) is 37.1. The minimum Gasteiger partial charge on any atom is -0.480 e. The molecule has 7 nitrogen and oxygen atoms in total. The van der Waals surface area contributed by atoms with Gasteiger partial charge in [0.05, 0.1) is 0 Å². The van der Waals surface area contributed by atoms with Gasteiger partial charge in [-0.3, -0.25) is 9.59 Å². The van der Waals surface area contributed by atoms with Gasteiger partial charge in [0.2, 0.25) is 5.91 Å². The molecule has 2 aromatic rings. The van der Waals surface area contributed by atoms with E-state index in [0.29, 0.717) is 6.42 Å². The number of hydrogen-bond acceptors (Lipinski definition) is 4. The number of carboxylic acids is 1. The summed E-state index contributed by atoms with van der Waals surface area (Å²) < 4.78 is 5.51. The van der Waals surface area contributed by atoms with Crippen LogP contribution in [0.1, 0.15) is 37.3 Å². The third-order valence-electron chi connectivity index (χ3n) is 5.62. The van der Waals surface area contributed by atoms with Gasteiger partial charge < -0.3 is 20.1 Å². The largest absolute Gasteiger partial charge is 0.480 e. The highest BCUT2D eigenvalue weighted by molar-refractivity contribution is 5.91. The number of rotatable bonds is 7. The molecule has 0 aliphatic heterocycles. The second kappa shape index (κ2) is 8.57. The third-order valence-corrected chi connectivity index (χ3v) is 5.62. The first-order valence-electron chi connectivity index (χ1n) is 9.87. The van der Waals surface area contributed by atoms with Crippen molar-refractivity contribution >= 4 is 18.0 Å². The number of amides is 2. The Balaban J connectivity index is 1.70. The molecule has 1 aliphatic carbocycles. The van der Waals surface area contributed by atoms with Crippen molar-refractivity contribution in [1.29, 1.82) is 0 Å². The standard InChI is InChI=1S/C23H26N2O5/c1-4-23(2,21(28)25(3)13-20(26)27)24-22(29)30-14-19-17-11-7-5-9-15(17)16-10-6-8-12-18(16)19/h5-12,19H,4,13-14H2,1-3H3,(H,24,29)(H,26,27). The number of alkyl carbamates (subject to hydrolysis) is 1. The lowest BCUT2D eigenvalue weighted by Crippen LogP contribution is -2.57. The number of fused-ring (bicyclic) bond motifs is 3. The lowest BCUT2D eigenvalue weighted by Gasteiger charge is -2.31. The molecule has 2 amide bonds. The van der Waals surface area contributed by atoms with Crippen molar-refractivity contribution in [3.05, 3.63) is 59.7 Å². The summed E-state index contributed by atoms with van der Waals surface area (Å²) in [6.45, 7) is 3.00. The van der Waals surface area contributed by atoms with Crippen LogP contribution < -0.4 is 5.32 Å². The summed E-state index contributed by atoms with van der Waals surface area (Å²) >= 11 is 0. The van der Waals surface area contributed by atoms with E-state index in [1.54, 1.807) is 13.8 Å². The molecular formula is C23H26N2O5. The van der Waals surface area contributed by atoms with Crippen molar-refractivity contribution < 1.29 is 24.2 Å². The van der Waals surface area contributed by atoms with Crippen LogP contribution >= 0.6 is 0 Å². The molecule has 0 radical (unpaired) electrons. The van der Waals surface area contributed by atoms with Crippen LogP contribution in [0.25, 0.3) is 11.1 Å². The number of benzene rings is 2. The van der Waals surface area contributed by atoms with Gasteiger partial charge in [-0.1, -0.05) is 55.5 Å². The molecule has 0 fully saturated rings. The summed E-state index contributed by atoms with van der Waals surface area (Å²) in [6, 6.07) is 16.1. The number of nitrogens with zero attached hydrogens (tertiary/aromatic N) is 1. The van der Waals surface area contributed by atoms with E-state index in [0.717, 1.165) is 27.2 Å². The lowest BCUT2D eigenvalue weighted by atomic mass is 9.97. The number of nitrogens with one attached hydrogen (secondary N) is 1. The molecule has 0 bridgehead atoms. The molecule has 3 rings (SSSR count).